The van der Waals surface area contributed by atoms with Gasteiger partial charge in [-0.2, -0.15) is 5.10 Å². The van der Waals surface area contributed by atoms with Crippen LogP contribution >= 0.6 is 11.6 Å². The molecule has 1 saturated heterocycles. The van der Waals surface area contributed by atoms with Gasteiger partial charge >= 0.3 is 0 Å². The van der Waals surface area contributed by atoms with Gasteiger partial charge in [-0.05, 0) is 44.0 Å². The van der Waals surface area contributed by atoms with E-state index in [0.717, 1.165) is 46.8 Å². The predicted octanol–water partition coefficient (Wildman–Crippen LogP) is 4.31. The number of benzene rings is 1. The summed E-state index contributed by atoms with van der Waals surface area (Å²) in [6.45, 7) is 5.02. The summed E-state index contributed by atoms with van der Waals surface area (Å²) in [5.41, 5.74) is 4.46. The van der Waals surface area contributed by atoms with Crippen LogP contribution in [-0.4, -0.2) is 32.8 Å². The molecule has 4 nitrogen and oxygen atoms in total. The number of hydrogen-bond donors (Lipinski definition) is 0. The monoisotopic (exact) mass is 354 g/mol. The Morgan fingerprint density at radius 2 is 2.08 bits per heavy atom. The molecular formula is C20H23ClN4. The van der Waals surface area contributed by atoms with E-state index in [2.05, 4.69) is 35.1 Å². The van der Waals surface area contributed by atoms with Crippen molar-refractivity contribution in [1.82, 2.24) is 19.7 Å². The molecule has 3 aromatic rings. The summed E-state index contributed by atoms with van der Waals surface area (Å²) in [5.74, 6) is 0.529. The molecule has 0 radical (unpaired) electrons. The Hall–Kier alpha value is -1.91. The standard InChI is InChI=1S/C20H23ClN4/c1-14-16-7-3-4-8-17(16)23-18(20(14)21)13-25-11-5-6-15(12-25)19-9-10-22-24(19)2/h3-4,7-10,15H,5-6,11-13H2,1-2H3/t15-/m1/s1. The fraction of sp³-hybridized carbons (Fsp3) is 0.400. The second-order valence-corrected chi connectivity index (χ2v) is 7.35. The maximum atomic E-state index is 6.65. The SMILES string of the molecule is Cc1c(Cl)c(CN2CCC[C@@H](c3ccnn3C)C2)nc2ccccc12. The molecule has 3 heterocycles. The number of piperidine rings is 1. The van der Waals surface area contributed by atoms with Crippen LogP contribution in [0.5, 0.6) is 0 Å². The lowest BCUT2D eigenvalue weighted by molar-refractivity contribution is 0.194. The summed E-state index contributed by atoms with van der Waals surface area (Å²) in [4.78, 5) is 7.32. The van der Waals surface area contributed by atoms with Crippen molar-refractivity contribution in [2.75, 3.05) is 13.1 Å². The van der Waals surface area contributed by atoms with Crippen LogP contribution in [0.4, 0.5) is 0 Å². The average Bonchev–Trinajstić information content (AvgIpc) is 3.06. The average molecular weight is 355 g/mol. The van der Waals surface area contributed by atoms with Crippen LogP contribution in [0, 0.1) is 6.92 Å². The van der Waals surface area contributed by atoms with Crippen LogP contribution in [0.25, 0.3) is 10.9 Å². The summed E-state index contributed by atoms with van der Waals surface area (Å²) < 4.78 is 2.00. The quantitative estimate of drug-likeness (QED) is 0.702. The molecule has 0 unspecified atom stereocenters. The number of para-hydroxylation sites is 1. The van der Waals surface area contributed by atoms with E-state index < -0.39 is 0 Å². The molecule has 1 atom stereocenters. The van der Waals surface area contributed by atoms with Crippen LogP contribution in [0.2, 0.25) is 5.02 Å². The molecule has 0 bridgehead atoms. The van der Waals surface area contributed by atoms with Crippen LogP contribution in [0.15, 0.2) is 36.5 Å². The Kier molecular flexibility index (Phi) is 4.48. The third-order valence-electron chi connectivity index (χ3n) is 5.30. The number of halogens is 1. The molecule has 130 valence electrons. The number of nitrogens with zero attached hydrogens (tertiary/aromatic N) is 4. The molecule has 0 spiro atoms. The molecule has 1 aliphatic heterocycles. The van der Waals surface area contributed by atoms with Crippen molar-refractivity contribution in [2.24, 2.45) is 7.05 Å². The van der Waals surface area contributed by atoms with Gasteiger partial charge in [0.15, 0.2) is 0 Å². The van der Waals surface area contributed by atoms with Crippen LogP contribution in [-0.2, 0) is 13.6 Å². The first-order chi connectivity index (χ1) is 12.1. The summed E-state index contributed by atoms with van der Waals surface area (Å²) in [5, 5.41) is 6.27. The number of fused-ring (bicyclic) bond motifs is 1. The van der Waals surface area contributed by atoms with Gasteiger partial charge < -0.3 is 0 Å². The molecule has 4 rings (SSSR count). The van der Waals surface area contributed by atoms with E-state index in [1.165, 1.54) is 18.5 Å². The van der Waals surface area contributed by atoms with Gasteiger partial charge in [0.05, 0.1) is 16.2 Å². The highest BCUT2D eigenvalue weighted by atomic mass is 35.5. The van der Waals surface area contributed by atoms with Gasteiger partial charge in [-0.1, -0.05) is 29.8 Å². The lowest BCUT2D eigenvalue weighted by Gasteiger charge is -2.32. The van der Waals surface area contributed by atoms with Gasteiger partial charge in [-0.3, -0.25) is 9.58 Å². The Labute approximate surface area is 153 Å². The van der Waals surface area contributed by atoms with Crippen molar-refractivity contribution in [3.05, 3.63) is 58.5 Å². The van der Waals surface area contributed by atoms with Gasteiger partial charge in [-0.25, -0.2) is 4.98 Å². The maximum Gasteiger partial charge on any atom is 0.0740 e. The zero-order valence-electron chi connectivity index (χ0n) is 14.7. The van der Waals surface area contributed by atoms with Gasteiger partial charge in [0.25, 0.3) is 0 Å². The number of pyridine rings is 1. The molecule has 1 fully saturated rings. The van der Waals surface area contributed by atoms with Crippen LogP contribution < -0.4 is 0 Å². The fourth-order valence-electron chi connectivity index (χ4n) is 3.96. The first-order valence-electron chi connectivity index (χ1n) is 8.87. The number of rotatable bonds is 3. The first kappa shape index (κ1) is 16.6. The lowest BCUT2D eigenvalue weighted by atomic mass is 9.94. The highest BCUT2D eigenvalue weighted by Gasteiger charge is 2.24. The van der Waals surface area contributed by atoms with E-state index in [0.29, 0.717) is 5.92 Å². The van der Waals surface area contributed by atoms with Gasteiger partial charge in [0.1, 0.15) is 0 Å². The van der Waals surface area contributed by atoms with Crippen LogP contribution in [0.1, 0.15) is 35.7 Å². The second-order valence-electron chi connectivity index (χ2n) is 6.97. The predicted molar refractivity (Wildman–Crippen MR) is 102 cm³/mol. The minimum absolute atomic E-state index is 0.529. The van der Waals surface area contributed by atoms with E-state index in [-0.39, 0.29) is 0 Å². The number of likely N-dealkylation sites (tertiary alicyclic amines) is 1. The topological polar surface area (TPSA) is 34.0 Å². The Morgan fingerprint density at radius 3 is 2.88 bits per heavy atom. The minimum atomic E-state index is 0.529. The summed E-state index contributed by atoms with van der Waals surface area (Å²) in [7, 11) is 2.03. The largest absolute Gasteiger partial charge is 0.297 e. The van der Waals surface area contributed by atoms with Gasteiger partial charge in [-0.15, -0.1) is 0 Å². The first-order valence-corrected chi connectivity index (χ1v) is 9.25. The molecule has 1 aliphatic rings. The van der Waals surface area contributed by atoms with Gasteiger partial charge in [0, 0.05) is 43.3 Å². The highest BCUT2D eigenvalue weighted by Crippen LogP contribution is 2.31. The normalized spacial score (nSPS) is 18.8. The molecule has 2 aromatic heterocycles. The Bertz CT molecular complexity index is 902. The van der Waals surface area contributed by atoms with E-state index in [4.69, 9.17) is 16.6 Å². The van der Waals surface area contributed by atoms with E-state index in [1.807, 2.05) is 30.1 Å². The third-order valence-corrected chi connectivity index (χ3v) is 5.80. The molecule has 0 saturated carbocycles. The number of aromatic nitrogens is 3. The van der Waals surface area contributed by atoms with E-state index >= 15 is 0 Å². The number of hydrogen-bond acceptors (Lipinski definition) is 3. The summed E-state index contributed by atoms with van der Waals surface area (Å²) >= 11 is 6.65. The fourth-order valence-corrected chi connectivity index (χ4v) is 4.16. The van der Waals surface area contributed by atoms with E-state index in [9.17, 15) is 0 Å². The minimum Gasteiger partial charge on any atom is -0.297 e. The Balaban J connectivity index is 1.58. The van der Waals surface area contributed by atoms with Crippen molar-refractivity contribution in [3.8, 4) is 0 Å². The lowest BCUT2D eigenvalue weighted by Crippen LogP contribution is -2.35. The van der Waals surface area contributed by atoms with Crippen molar-refractivity contribution < 1.29 is 0 Å². The van der Waals surface area contributed by atoms with Crippen molar-refractivity contribution in [2.45, 2.75) is 32.2 Å². The van der Waals surface area contributed by atoms with Crippen molar-refractivity contribution >= 4 is 22.5 Å². The zero-order chi connectivity index (χ0) is 17.4. The summed E-state index contributed by atoms with van der Waals surface area (Å²) in [6.07, 6.45) is 4.30. The zero-order valence-corrected chi connectivity index (χ0v) is 15.5. The molecule has 25 heavy (non-hydrogen) atoms. The third kappa shape index (κ3) is 3.16. The smallest absolute Gasteiger partial charge is 0.0740 e. The molecular weight excluding hydrogens is 332 g/mol. The Morgan fingerprint density at radius 1 is 1.24 bits per heavy atom. The molecule has 0 N–H and O–H groups in total. The maximum absolute atomic E-state index is 6.65. The summed E-state index contributed by atoms with van der Waals surface area (Å²) in [6, 6.07) is 10.4. The molecule has 0 aliphatic carbocycles. The van der Waals surface area contributed by atoms with Crippen molar-refractivity contribution in [3.63, 3.8) is 0 Å². The van der Waals surface area contributed by atoms with E-state index in [1.54, 1.807) is 0 Å². The molecule has 5 heteroatoms. The highest BCUT2D eigenvalue weighted by molar-refractivity contribution is 6.32. The second kappa shape index (κ2) is 6.77. The van der Waals surface area contributed by atoms with Gasteiger partial charge in [0.2, 0.25) is 0 Å². The van der Waals surface area contributed by atoms with Crippen LogP contribution in [0.3, 0.4) is 0 Å². The number of aryl methyl sites for hydroxylation is 2. The molecule has 0 amide bonds. The molecule has 1 aromatic carbocycles. The van der Waals surface area contributed by atoms with Crippen molar-refractivity contribution in [1.29, 1.82) is 0 Å².